The topological polar surface area (TPSA) is 54.0 Å². The number of hydrogen-bond acceptors (Lipinski definition) is 5. The lowest BCUT2D eigenvalue weighted by atomic mass is 9.85. The highest BCUT2D eigenvalue weighted by atomic mass is 16.6. The van der Waals surface area contributed by atoms with Crippen LogP contribution in [0.4, 0.5) is 4.79 Å². The zero-order valence-corrected chi connectivity index (χ0v) is 19.2. The molecule has 1 aromatic rings. The van der Waals surface area contributed by atoms with E-state index in [1.165, 1.54) is 44.3 Å². The normalized spacial score (nSPS) is 29.6. The van der Waals surface area contributed by atoms with Crippen LogP contribution < -0.4 is 10.1 Å². The molecule has 1 amide bonds. The molecule has 2 saturated heterocycles. The van der Waals surface area contributed by atoms with Crippen LogP contribution in [0, 0.1) is 0 Å². The fourth-order valence-corrected chi connectivity index (χ4v) is 5.50. The van der Waals surface area contributed by atoms with Crippen molar-refractivity contribution in [3.8, 4) is 5.75 Å². The van der Waals surface area contributed by atoms with Crippen LogP contribution >= 0.6 is 0 Å². The Morgan fingerprint density at radius 3 is 2.58 bits per heavy atom. The van der Waals surface area contributed by atoms with Gasteiger partial charge in [-0.25, -0.2) is 4.79 Å². The highest BCUT2D eigenvalue weighted by Crippen LogP contribution is 2.44. The largest absolute Gasteiger partial charge is 0.485 e. The first kappa shape index (κ1) is 21.1. The molecule has 6 heteroatoms. The molecule has 0 bridgehead atoms. The Morgan fingerprint density at radius 1 is 1.13 bits per heavy atom. The van der Waals surface area contributed by atoms with Crippen molar-refractivity contribution in [2.24, 2.45) is 0 Å². The second kappa shape index (κ2) is 7.96. The third-order valence-electron chi connectivity index (χ3n) is 7.19. The Balaban J connectivity index is 1.27. The van der Waals surface area contributed by atoms with Crippen molar-refractivity contribution in [3.63, 3.8) is 0 Å². The molecule has 1 aliphatic carbocycles. The Hall–Kier alpha value is -1.79. The van der Waals surface area contributed by atoms with E-state index in [0.29, 0.717) is 19.1 Å². The number of ether oxygens (including phenoxy) is 2. The number of piperidine rings is 1. The van der Waals surface area contributed by atoms with E-state index in [2.05, 4.69) is 28.4 Å². The van der Waals surface area contributed by atoms with Gasteiger partial charge in [0, 0.05) is 43.1 Å². The Bertz CT molecular complexity index is 810. The molecule has 170 valence electrons. The lowest BCUT2D eigenvalue weighted by Gasteiger charge is -2.42. The van der Waals surface area contributed by atoms with E-state index in [4.69, 9.17) is 9.47 Å². The summed E-state index contributed by atoms with van der Waals surface area (Å²) in [7, 11) is 0. The van der Waals surface area contributed by atoms with E-state index in [-0.39, 0.29) is 17.7 Å². The van der Waals surface area contributed by atoms with Crippen LogP contribution in [-0.4, -0.2) is 65.4 Å². The van der Waals surface area contributed by atoms with Crippen molar-refractivity contribution >= 4 is 6.09 Å². The summed E-state index contributed by atoms with van der Waals surface area (Å²) in [6.45, 7) is 9.45. The van der Waals surface area contributed by atoms with Gasteiger partial charge in [0.1, 0.15) is 17.0 Å². The van der Waals surface area contributed by atoms with E-state index in [1.807, 2.05) is 31.7 Å². The molecule has 3 fully saturated rings. The number of para-hydroxylation sites is 1. The third-order valence-corrected chi connectivity index (χ3v) is 7.19. The Kier molecular flexibility index (Phi) is 5.41. The molecule has 1 N–H and O–H groups in total. The van der Waals surface area contributed by atoms with Crippen LogP contribution in [0.2, 0.25) is 0 Å². The highest BCUT2D eigenvalue weighted by Gasteiger charge is 2.48. The summed E-state index contributed by atoms with van der Waals surface area (Å²) in [5, 5.41) is 3.99. The number of likely N-dealkylation sites (tertiary alicyclic amines) is 2. The molecule has 0 unspecified atom stereocenters. The number of carbonyl (C=O) groups excluding carboxylic acids is 1. The third kappa shape index (κ3) is 4.70. The number of amides is 1. The molecule has 3 aliphatic heterocycles. The molecule has 5 rings (SSSR count). The number of nitrogens with one attached hydrogen (secondary N) is 1. The van der Waals surface area contributed by atoms with Gasteiger partial charge in [0.15, 0.2) is 0 Å². The predicted molar refractivity (Wildman–Crippen MR) is 120 cm³/mol. The maximum Gasteiger partial charge on any atom is 0.410 e. The van der Waals surface area contributed by atoms with E-state index in [1.54, 1.807) is 0 Å². The quantitative estimate of drug-likeness (QED) is 0.787. The zero-order chi connectivity index (χ0) is 21.6. The molecule has 2 atom stereocenters. The van der Waals surface area contributed by atoms with Crippen LogP contribution in [0.1, 0.15) is 70.9 Å². The summed E-state index contributed by atoms with van der Waals surface area (Å²) < 4.78 is 12.2. The van der Waals surface area contributed by atoms with Gasteiger partial charge in [0.25, 0.3) is 0 Å². The van der Waals surface area contributed by atoms with E-state index in [0.717, 1.165) is 24.6 Å². The summed E-state index contributed by atoms with van der Waals surface area (Å²) in [5.74, 6) is 0.965. The van der Waals surface area contributed by atoms with Crippen molar-refractivity contribution in [3.05, 3.63) is 29.8 Å². The van der Waals surface area contributed by atoms with Gasteiger partial charge in [-0.3, -0.25) is 0 Å². The van der Waals surface area contributed by atoms with E-state index in [9.17, 15) is 4.79 Å². The van der Waals surface area contributed by atoms with Gasteiger partial charge in [-0.05, 0) is 65.6 Å². The number of fused-ring (bicyclic) bond motifs is 1. The van der Waals surface area contributed by atoms with Gasteiger partial charge in [-0.1, -0.05) is 18.2 Å². The summed E-state index contributed by atoms with van der Waals surface area (Å²) in [5.41, 5.74) is 0.442. The first-order valence-corrected chi connectivity index (χ1v) is 12.1. The predicted octanol–water partition coefficient (Wildman–Crippen LogP) is 4.11. The van der Waals surface area contributed by atoms with Crippen molar-refractivity contribution in [2.45, 2.75) is 88.6 Å². The molecule has 3 heterocycles. The standard InChI is InChI=1S/C25H37N3O3/c1-24(2,3)31-23(29)28-15-12-25(17-28)16-21(20-6-4-5-7-22(20)30-25)26-18-10-13-27(14-11-18)19-8-9-19/h4-7,18-19,21,26H,8-17H2,1-3H3/t21-,25+/m0/s1. The molecule has 6 nitrogen and oxygen atoms in total. The molecular formula is C25H37N3O3. The van der Waals surface area contributed by atoms with Gasteiger partial charge in [-0.15, -0.1) is 0 Å². The van der Waals surface area contributed by atoms with Crippen molar-refractivity contribution in [1.29, 1.82) is 0 Å². The maximum absolute atomic E-state index is 12.6. The lowest BCUT2D eigenvalue weighted by Crippen LogP contribution is -2.50. The molecule has 1 spiro atoms. The number of carbonyl (C=O) groups is 1. The van der Waals surface area contributed by atoms with E-state index < -0.39 is 5.60 Å². The Morgan fingerprint density at radius 2 is 1.87 bits per heavy atom. The van der Waals surface area contributed by atoms with Gasteiger partial charge < -0.3 is 24.6 Å². The van der Waals surface area contributed by atoms with Gasteiger partial charge in [-0.2, -0.15) is 0 Å². The minimum atomic E-state index is -0.480. The highest BCUT2D eigenvalue weighted by molar-refractivity contribution is 5.68. The van der Waals surface area contributed by atoms with Gasteiger partial charge >= 0.3 is 6.09 Å². The minimum Gasteiger partial charge on any atom is -0.485 e. The minimum absolute atomic E-state index is 0.233. The summed E-state index contributed by atoms with van der Waals surface area (Å²) in [6.07, 6.45) is 6.72. The number of benzene rings is 1. The zero-order valence-electron chi connectivity index (χ0n) is 19.2. The molecule has 1 aromatic carbocycles. The molecule has 0 aromatic heterocycles. The average Bonchev–Trinajstić information content (AvgIpc) is 3.49. The first-order chi connectivity index (χ1) is 14.8. The van der Waals surface area contributed by atoms with Gasteiger partial charge in [0.05, 0.1) is 6.54 Å². The second-order valence-electron chi connectivity index (χ2n) is 10.9. The van der Waals surface area contributed by atoms with Crippen molar-refractivity contribution in [2.75, 3.05) is 26.2 Å². The number of nitrogens with zero attached hydrogens (tertiary/aromatic N) is 2. The van der Waals surface area contributed by atoms with Gasteiger partial charge in [0.2, 0.25) is 0 Å². The van der Waals surface area contributed by atoms with Crippen LogP contribution in [0.5, 0.6) is 5.75 Å². The van der Waals surface area contributed by atoms with Crippen LogP contribution in [0.25, 0.3) is 0 Å². The summed E-state index contributed by atoms with van der Waals surface area (Å²) >= 11 is 0. The van der Waals surface area contributed by atoms with Crippen LogP contribution in [0.15, 0.2) is 24.3 Å². The molecule has 31 heavy (non-hydrogen) atoms. The van der Waals surface area contributed by atoms with E-state index >= 15 is 0 Å². The molecular weight excluding hydrogens is 390 g/mol. The van der Waals surface area contributed by atoms with Crippen molar-refractivity contribution < 1.29 is 14.3 Å². The summed E-state index contributed by atoms with van der Waals surface area (Å²) in [4.78, 5) is 17.1. The number of rotatable bonds is 3. The monoisotopic (exact) mass is 427 g/mol. The van der Waals surface area contributed by atoms with Crippen molar-refractivity contribution in [1.82, 2.24) is 15.1 Å². The maximum atomic E-state index is 12.6. The van der Waals surface area contributed by atoms with Crippen LogP contribution in [0.3, 0.4) is 0 Å². The first-order valence-electron chi connectivity index (χ1n) is 12.1. The number of hydrogen-bond donors (Lipinski definition) is 1. The molecule has 0 radical (unpaired) electrons. The molecule has 1 saturated carbocycles. The fourth-order valence-electron chi connectivity index (χ4n) is 5.50. The average molecular weight is 428 g/mol. The lowest BCUT2D eigenvalue weighted by molar-refractivity contribution is 0.0115. The Labute approximate surface area is 186 Å². The summed E-state index contributed by atoms with van der Waals surface area (Å²) in [6, 6.07) is 10.1. The fraction of sp³-hybridized carbons (Fsp3) is 0.720. The van der Waals surface area contributed by atoms with Crippen LogP contribution in [-0.2, 0) is 4.74 Å². The second-order valence-corrected chi connectivity index (χ2v) is 10.9. The SMILES string of the molecule is CC(C)(C)OC(=O)N1CC[C@@]2(C[C@H](NC3CCN(C4CC4)CC3)c3ccccc3O2)C1. The smallest absolute Gasteiger partial charge is 0.410 e. The molecule has 4 aliphatic rings.